The number of hydrogen-bond acceptors (Lipinski definition) is 5. The van der Waals surface area contributed by atoms with Crippen LogP contribution in [0.15, 0.2) is 48.5 Å². The van der Waals surface area contributed by atoms with Crippen molar-refractivity contribution in [2.75, 3.05) is 7.11 Å². The van der Waals surface area contributed by atoms with E-state index in [1.54, 1.807) is 36.4 Å². The molecule has 188 valence electrons. The molecule has 7 nitrogen and oxygen atoms in total. The fourth-order valence-electron chi connectivity index (χ4n) is 5.82. The number of Topliss-reactive ketones (excluding diaryl/α,β-unsaturated/α-hetero) is 1. The third-order valence-electron chi connectivity index (χ3n) is 7.60. The van der Waals surface area contributed by atoms with Gasteiger partial charge in [-0.2, -0.15) is 5.01 Å². The number of carbonyl (C=O) groups is 4. The number of halogens is 3. The monoisotopic (exact) mass is 636 g/mol. The molecule has 1 aliphatic heterocycles. The van der Waals surface area contributed by atoms with Gasteiger partial charge in [-0.3, -0.25) is 19.2 Å². The topological polar surface area (TPSA) is 84.0 Å². The van der Waals surface area contributed by atoms with E-state index in [1.807, 2.05) is 0 Å². The fraction of sp³-hybridized carbons (Fsp3) is 0.385. The molecule has 2 saturated carbocycles. The quantitative estimate of drug-likeness (QED) is 0.259. The van der Waals surface area contributed by atoms with E-state index >= 15 is 0 Å². The van der Waals surface area contributed by atoms with Crippen LogP contribution in [-0.2, 0) is 9.59 Å². The number of carbonyl (C=O) groups excluding carboxylic acids is 4. The second kappa shape index (κ2) is 9.58. The highest BCUT2D eigenvalue weighted by atomic mass is 79.9. The molecule has 3 amide bonds. The van der Waals surface area contributed by atoms with Crippen molar-refractivity contribution in [1.29, 1.82) is 0 Å². The maximum atomic E-state index is 13.8. The van der Waals surface area contributed by atoms with Crippen LogP contribution in [0.3, 0.4) is 0 Å². The maximum Gasteiger partial charge on any atom is 0.273 e. The summed E-state index contributed by atoms with van der Waals surface area (Å²) in [5, 5.41) is 2.40. The number of ether oxygens (including phenoxy) is 1. The van der Waals surface area contributed by atoms with E-state index < -0.39 is 41.4 Å². The number of rotatable bonds is 6. The fourth-order valence-corrected chi connectivity index (χ4v) is 7.82. The molecule has 0 N–H and O–H groups in total. The number of ketones is 1. The lowest BCUT2D eigenvalue weighted by molar-refractivity contribution is -0.157. The van der Waals surface area contributed by atoms with E-state index in [-0.39, 0.29) is 27.1 Å². The van der Waals surface area contributed by atoms with Crippen LogP contribution in [0.2, 0.25) is 5.02 Å². The number of fused-ring (bicyclic) bond motifs is 5. The van der Waals surface area contributed by atoms with Gasteiger partial charge in [0.15, 0.2) is 5.78 Å². The van der Waals surface area contributed by atoms with Gasteiger partial charge in [0.2, 0.25) is 0 Å². The van der Waals surface area contributed by atoms with Gasteiger partial charge >= 0.3 is 0 Å². The Morgan fingerprint density at radius 1 is 0.944 bits per heavy atom. The predicted octanol–water partition coefficient (Wildman–Crippen LogP) is 4.76. The molecule has 1 saturated heterocycles. The van der Waals surface area contributed by atoms with Gasteiger partial charge in [0.05, 0.1) is 18.9 Å². The zero-order valence-corrected chi connectivity index (χ0v) is 23.4. The molecule has 0 spiro atoms. The zero-order valence-electron chi connectivity index (χ0n) is 19.4. The minimum Gasteiger partial charge on any atom is -0.497 e. The molecule has 3 aliphatic rings. The van der Waals surface area contributed by atoms with Gasteiger partial charge in [-0.25, -0.2) is 5.01 Å². The first-order valence-corrected chi connectivity index (χ1v) is 13.8. The molecular formula is C26H23Br2ClN2O5. The number of amides is 3. The summed E-state index contributed by atoms with van der Waals surface area (Å²) < 4.78 is 5.17. The number of benzene rings is 2. The third kappa shape index (κ3) is 3.90. The van der Waals surface area contributed by atoms with E-state index in [4.69, 9.17) is 16.3 Å². The molecule has 2 aliphatic carbocycles. The van der Waals surface area contributed by atoms with Crippen molar-refractivity contribution in [1.82, 2.24) is 10.0 Å². The summed E-state index contributed by atoms with van der Waals surface area (Å²) in [5.74, 6) is -2.41. The summed E-state index contributed by atoms with van der Waals surface area (Å²) in [7, 11) is 1.52. The zero-order chi connectivity index (χ0) is 25.9. The van der Waals surface area contributed by atoms with Gasteiger partial charge < -0.3 is 4.74 Å². The van der Waals surface area contributed by atoms with Gasteiger partial charge in [0.25, 0.3) is 17.7 Å². The Hall–Kier alpha value is -2.23. The lowest BCUT2D eigenvalue weighted by atomic mass is 9.81. The van der Waals surface area contributed by atoms with E-state index in [0.717, 1.165) is 16.4 Å². The molecule has 2 bridgehead atoms. The maximum absolute atomic E-state index is 13.8. The molecule has 2 aromatic rings. The number of imide groups is 1. The summed E-state index contributed by atoms with van der Waals surface area (Å²) >= 11 is 13.4. The Kier molecular flexibility index (Phi) is 6.76. The second-order valence-corrected chi connectivity index (χ2v) is 12.0. The van der Waals surface area contributed by atoms with Crippen LogP contribution in [0, 0.1) is 23.7 Å². The summed E-state index contributed by atoms with van der Waals surface area (Å²) in [4.78, 5) is 54.9. The highest BCUT2D eigenvalue weighted by Gasteiger charge is 2.68. The first-order valence-electron chi connectivity index (χ1n) is 11.6. The molecule has 36 heavy (non-hydrogen) atoms. The molecule has 2 aromatic carbocycles. The Bertz CT molecular complexity index is 1210. The Morgan fingerprint density at radius 3 is 1.94 bits per heavy atom. The van der Waals surface area contributed by atoms with Crippen molar-refractivity contribution in [2.24, 2.45) is 23.7 Å². The van der Waals surface area contributed by atoms with Crippen molar-refractivity contribution in [3.05, 3.63) is 64.7 Å². The average Bonchev–Trinajstić information content (AvgIpc) is 3.49. The Morgan fingerprint density at radius 2 is 1.44 bits per heavy atom. The summed E-state index contributed by atoms with van der Waals surface area (Å²) in [5.41, 5.74) is 0.545. The molecule has 7 atom stereocenters. The molecular weight excluding hydrogens is 616 g/mol. The highest BCUT2D eigenvalue weighted by molar-refractivity contribution is 9.12. The summed E-state index contributed by atoms with van der Waals surface area (Å²) in [6.07, 6.45) is 0.762. The third-order valence-corrected chi connectivity index (χ3v) is 11.1. The van der Waals surface area contributed by atoms with Crippen LogP contribution >= 0.6 is 43.5 Å². The van der Waals surface area contributed by atoms with E-state index in [1.165, 1.54) is 26.2 Å². The SMILES string of the molecule is COc1ccc(C(=O)[C@H](C)N(C(=O)c2ccc(Cl)cc2)N2C(=O)[C@@H]3[C@H]4C[C@@H]([C@H](Br)[C@@H]4Br)[C@@H]3C2=O)cc1. The van der Waals surface area contributed by atoms with Gasteiger partial charge in [-0.05, 0) is 73.7 Å². The van der Waals surface area contributed by atoms with Crippen LogP contribution in [0.4, 0.5) is 0 Å². The van der Waals surface area contributed by atoms with Crippen molar-refractivity contribution in [2.45, 2.75) is 29.0 Å². The van der Waals surface area contributed by atoms with Crippen LogP contribution in [0.1, 0.15) is 34.1 Å². The minimum absolute atomic E-state index is 0.0223. The van der Waals surface area contributed by atoms with Crippen molar-refractivity contribution in [3.63, 3.8) is 0 Å². The molecule has 5 rings (SSSR count). The van der Waals surface area contributed by atoms with Crippen LogP contribution in [0.25, 0.3) is 0 Å². The van der Waals surface area contributed by atoms with E-state index in [2.05, 4.69) is 31.9 Å². The van der Waals surface area contributed by atoms with E-state index in [0.29, 0.717) is 16.3 Å². The van der Waals surface area contributed by atoms with E-state index in [9.17, 15) is 19.2 Å². The first kappa shape index (κ1) is 25.4. The number of alkyl halides is 2. The minimum atomic E-state index is -1.12. The number of hydrogen-bond donors (Lipinski definition) is 0. The standard InChI is InChI=1S/C26H23Br2ClN2O5/c1-12(23(32)13-5-9-16(36-2)10-6-13)30(24(33)14-3-7-15(29)8-4-14)31-25(34)19-17-11-18(20(19)26(31)35)22(28)21(17)27/h3-10,12,17-22H,11H2,1-2H3/t12-,17+,18+,19-,20+,21-,22+/m0/s1. The Labute approximate surface area is 230 Å². The lowest BCUT2D eigenvalue weighted by Gasteiger charge is -2.35. The van der Waals surface area contributed by atoms with Crippen molar-refractivity contribution >= 4 is 67.0 Å². The van der Waals surface area contributed by atoms with Gasteiger partial charge in [-0.1, -0.05) is 43.5 Å². The average molecular weight is 639 g/mol. The lowest BCUT2D eigenvalue weighted by Crippen LogP contribution is -2.56. The molecule has 0 unspecified atom stereocenters. The molecule has 3 fully saturated rings. The molecule has 0 aromatic heterocycles. The van der Waals surface area contributed by atoms with Crippen LogP contribution < -0.4 is 4.74 Å². The Balaban J connectivity index is 1.53. The largest absolute Gasteiger partial charge is 0.497 e. The molecule has 1 heterocycles. The number of nitrogens with zero attached hydrogens (tertiary/aromatic N) is 2. The smallest absolute Gasteiger partial charge is 0.273 e. The van der Waals surface area contributed by atoms with Crippen LogP contribution in [-0.4, -0.2) is 56.3 Å². The van der Waals surface area contributed by atoms with Gasteiger partial charge in [0.1, 0.15) is 11.8 Å². The molecule has 10 heteroatoms. The summed E-state index contributed by atoms with van der Waals surface area (Å²) in [6, 6.07) is 11.5. The predicted molar refractivity (Wildman–Crippen MR) is 140 cm³/mol. The number of methoxy groups -OCH3 is 1. The highest BCUT2D eigenvalue weighted by Crippen LogP contribution is 2.60. The van der Waals surface area contributed by atoms with Gasteiger partial charge in [-0.15, -0.1) is 0 Å². The van der Waals surface area contributed by atoms with Gasteiger partial charge in [0, 0.05) is 25.8 Å². The number of hydrazine groups is 1. The second-order valence-electron chi connectivity index (χ2n) is 9.42. The first-order chi connectivity index (χ1) is 17.1. The normalized spacial score (nSPS) is 29.3. The van der Waals surface area contributed by atoms with Crippen LogP contribution in [0.5, 0.6) is 5.75 Å². The molecule has 0 radical (unpaired) electrons. The summed E-state index contributed by atoms with van der Waals surface area (Å²) in [6.45, 7) is 1.53. The van der Waals surface area contributed by atoms with Crippen molar-refractivity contribution in [3.8, 4) is 5.75 Å². The van der Waals surface area contributed by atoms with Crippen molar-refractivity contribution < 1.29 is 23.9 Å².